The van der Waals surface area contributed by atoms with Crippen LogP contribution in [0.5, 0.6) is 5.75 Å². The Morgan fingerprint density at radius 2 is 2.16 bits per heavy atom. The number of benzene rings is 1. The highest BCUT2D eigenvalue weighted by Gasteiger charge is 2.03. The molecule has 98 valence electrons. The number of nitrogens with zero attached hydrogens (tertiary/aromatic N) is 1. The van der Waals surface area contributed by atoms with Crippen LogP contribution in [0, 0.1) is 6.92 Å². The first-order chi connectivity index (χ1) is 9.20. The van der Waals surface area contributed by atoms with Crippen molar-refractivity contribution in [3.05, 3.63) is 48.4 Å². The molecular weight excluding hydrogens is 242 g/mol. The highest BCUT2D eigenvalue weighted by Crippen LogP contribution is 2.23. The average Bonchev–Trinajstić information content (AvgIpc) is 2.39. The maximum Gasteiger partial charge on any atom is 0.333 e. The molecule has 19 heavy (non-hydrogen) atoms. The number of hydrogen-bond donors (Lipinski definition) is 0. The van der Waals surface area contributed by atoms with Crippen LogP contribution in [-0.2, 0) is 9.53 Å². The van der Waals surface area contributed by atoms with Gasteiger partial charge in [0.05, 0.1) is 18.9 Å². The Hall–Kier alpha value is -2.36. The first-order valence-corrected chi connectivity index (χ1v) is 6.07. The maximum atomic E-state index is 11.1. The van der Waals surface area contributed by atoms with Gasteiger partial charge in [-0.15, -0.1) is 0 Å². The smallest absolute Gasteiger partial charge is 0.333 e. The van der Waals surface area contributed by atoms with Crippen molar-refractivity contribution in [1.29, 1.82) is 0 Å². The van der Waals surface area contributed by atoms with E-state index in [-0.39, 0.29) is 0 Å². The van der Waals surface area contributed by atoms with Gasteiger partial charge in [0.2, 0.25) is 0 Å². The first-order valence-electron chi connectivity index (χ1n) is 6.07. The minimum absolute atomic E-state index is 0.345. The Bertz CT molecular complexity index is 620. The predicted molar refractivity (Wildman–Crippen MR) is 72.9 cm³/mol. The molecule has 0 bridgehead atoms. The molecule has 0 spiro atoms. The number of rotatable bonds is 4. The third-order valence-corrected chi connectivity index (χ3v) is 2.51. The molecule has 2 aromatic rings. The van der Waals surface area contributed by atoms with Gasteiger partial charge >= 0.3 is 5.97 Å². The summed E-state index contributed by atoms with van der Waals surface area (Å²) in [4.78, 5) is 15.6. The average molecular weight is 257 g/mol. The Labute approximate surface area is 111 Å². The van der Waals surface area contributed by atoms with Crippen LogP contribution in [0.3, 0.4) is 0 Å². The summed E-state index contributed by atoms with van der Waals surface area (Å²) in [6.07, 6.45) is 2.56. The lowest BCUT2D eigenvalue weighted by molar-refractivity contribution is -0.137. The van der Waals surface area contributed by atoms with Crippen molar-refractivity contribution in [2.45, 2.75) is 13.8 Å². The van der Waals surface area contributed by atoms with Gasteiger partial charge in [0.25, 0.3) is 0 Å². The summed E-state index contributed by atoms with van der Waals surface area (Å²) >= 11 is 0. The fourth-order valence-electron chi connectivity index (χ4n) is 1.67. The standard InChI is InChI=1S/C15H15NO3/c1-3-18-14(17)9-10-19-13-6-4-5-12-8-7-11(2)16-15(12)13/h4-10H,3H2,1-2H3/b10-9+. The molecule has 1 aromatic heterocycles. The largest absolute Gasteiger partial charge is 0.463 e. The number of hydrogen-bond acceptors (Lipinski definition) is 4. The molecule has 0 radical (unpaired) electrons. The van der Waals surface area contributed by atoms with Gasteiger partial charge in [0.15, 0.2) is 5.75 Å². The number of fused-ring (bicyclic) bond motifs is 1. The van der Waals surface area contributed by atoms with E-state index in [1.54, 1.807) is 6.92 Å². The van der Waals surface area contributed by atoms with Gasteiger partial charge in [0.1, 0.15) is 5.52 Å². The number of carbonyl (C=O) groups excluding carboxylic acids is 1. The van der Waals surface area contributed by atoms with Crippen LogP contribution in [0.2, 0.25) is 0 Å². The monoisotopic (exact) mass is 257 g/mol. The molecule has 0 aliphatic carbocycles. The Kier molecular flexibility index (Phi) is 4.13. The highest BCUT2D eigenvalue weighted by molar-refractivity contribution is 5.85. The Morgan fingerprint density at radius 3 is 2.95 bits per heavy atom. The van der Waals surface area contributed by atoms with Gasteiger partial charge in [0, 0.05) is 11.1 Å². The zero-order valence-electron chi connectivity index (χ0n) is 10.9. The van der Waals surface area contributed by atoms with E-state index in [1.165, 1.54) is 12.3 Å². The molecule has 1 aromatic carbocycles. The molecule has 1 heterocycles. The van der Waals surface area contributed by atoms with Gasteiger partial charge in [-0.1, -0.05) is 18.2 Å². The van der Waals surface area contributed by atoms with E-state index in [2.05, 4.69) is 4.98 Å². The van der Waals surface area contributed by atoms with Gasteiger partial charge in [-0.25, -0.2) is 9.78 Å². The van der Waals surface area contributed by atoms with Crippen molar-refractivity contribution >= 4 is 16.9 Å². The molecule has 4 heteroatoms. The van der Waals surface area contributed by atoms with Crippen molar-refractivity contribution in [2.24, 2.45) is 0 Å². The topological polar surface area (TPSA) is 48.4 Å². The molecule has 0 atom stereocenters. The summed E-state index contributed by atoms with van der Waals surface area (Å²) in [5.41, 5.74) is 1.69. The number of pyridine rings is 1. The second kappa shape index (κ2) is 6.00. The summed E-state index contributed by atoms with van der Waals surface area (Å²) in [6.45, 7) is 4.02. The normalized spacial score (nSPS) is 10.8. The molecule has 0 saturated carbocycles. The highest BCUT2D eigenvalue weighted by atomic mass is 16.5. The molecular formula is C15H15NO3. The van der Waals surface area contributed by atoms with Crippen molar-refractivity contribution in [3.8, 4) is 5.75 Å². The van der Waals surface area contributed by atoms with Gasteiger partial charge in [-0.3, -0.25) is 0 Å². The quantitative estimate of drug-likeness (QED) is 0.480. The van der Waals surface area contributed by atoms with Crippen molar-refractivity contribution in [3.63, 3.8) is 0 Å². The van der Waals surface area contributed by atoms with Crippen LogP contribution < -0.4 is 4.74 Å². The summed E-state index contributed by atoms with van der Waals surface area (Å²) in [5.74, 6) is 0.189. The zero-order chi connectivity index (χ0) is 13.7. The zero-order valence-corrected chi connectivity index (χ0v) is 10.9. The number of esters is 1. The molecule has 0 saturated heterocycles. The summed E-state index contributed by atoms with van der Waals surface area (Å²) < 4.78 is 10.2. The van der Waals surface area contributed by atoms with E-state index in [1.807, 2.05) is 37.3 Å². The fraction of sp³-hybridized carbons (Fsp3) is 0.200. The number of aromatic nitrogens is 1. The van der Waals surface area contributed by atoms with Crippen LogP contribution >= 0.6 is 0 Å². The molecule has 2 rings (SSSR count). The van der Waals surface area contributed by atoms with E-state index < -0.39 is 5.97 Å². The third kappa shape index (κ3) is 3.31. The van der Waals surface area contributed by atoms with E-state index >= 15 is 0 Å². The van der Waals surface area contributed by atoms with E-state index in [0.29, 0.717) is 12.4 Å². The van der Waals surface area contributed by atoms with Gasteiger partial charge < -0.3 is 9.47 Å². The van der Waals surface area contributed by atoms with Gasteiger partial charge in [-0.05, 0) is 26.0 Å². The lowest BCUT2D eigenvalue weighted by atomic mass is 10.2. The van der Waals surface area contributed by atoms with Crippen molar-refractivity contribution in [1.82, 2.24) is 4.98 Å². The summed E-state index contributed by atoms with van der Waals surface area (Å²) in [7, 11) is 0. The minimum Gasteiger partial charge on any atom is -0.463 e. The second-order valence-corrected chi connectivity index (χ2v) is 3.95. The molecule has 0 aliphatic rings. The predicted octanol–water partition coefficient (Wildman–Crippen LogP) is 3.00. The number of para-hydroxylation sites is 1. The molecule has 0 aliphatic heterocycles. The van der Waals surface area contributed by atoms with Crippen LogP contribution in [0.25, 0.3) is 10.9 Å². The van der Waals surface area contributed by atoms with E-state index in [4.69, 9.17) is 9.47 Å². The SMILES string of the molecule is CCOC(=O)/C=C/Oc1cccc2ccc(C)nc12. The molecule has 0 amide bonds. The lowest BCUT2D eigenvalue weighted by Gasteiger charge is -2.05. The number of ether oxygens (including phenoxy) is 2. The van der Waals surface area contributed by atoms with Crippen molar-refractivity contribution < 1.29 is 14.3 Å². The third-order valence-electron chi connectivity index (χ3n) is 2.51. The fourth-order valence-corrected chi connectivity index (χ4v) is 1.67. The summed E-state index contributed by atoms with van der Waals surface area (Å²) in [5, 5.41) is 0.993. The maximum absolute atomic E-state index is 11.1. The van der Waals surface area contributed by atoms with E-state index in [9.17, 15) is 4.79 Å². The second-order valence-electron chi connectivity index (χ2n) is 3.95. The molecule has 0 unspecified atom stereocenters. The van der Waals surface area contributed by atoms with Gasteiger partial charge in [-0.2, -0.15) is 0 Å². The van der Waals surface area contributed by atoms with E-state index in [0.717, 1.165) is 16.6 Å². The molecule has 0 N–H and O–H groups in total. The minimum atomic E-state index is -0.424. The van der Waals surface area contributed by atoms with Crippen LogP contribution in [0.15, 0.2) is 42.7 Å². The summed E-state index contributed by atoms with van der Waals surface area (Å²) in [6, 6.07) is 9.58. The number of carbonyl (C=O) groups is 1. The Balaban J connectivity index is 2.21. The van der Waals surface area contributed by atoms with Crippen molar-refractivity contribution in [2.75, 3.05) is 6.61 Å². The van der Waals surface area contributed by atoms with Crippen LogP contribution in [0.1, 0.15) is 12.6 Å². The lowest BCUT2D eigenvalue weighted by Crippen LogP contribution is -1.99. The molecule has 4 nitrogen and oxygen atoms in total. The van der Waals surface area contributed by atoms with Crippen LogP contribution in [0.4, 0.5) is 0 Å². The molecule has 0 fully saturated rings. The first kappa shape index (κ1) is 13.1. The number of aryl methyl sites for hydroxylation is 1. The van der Waals surface area contributed by atoms with Crippen LogP contribution in [-0.4, -0.2) is 17.6 Å². The Morgan fingerprint density at radius 1 is 1.32 bits per heavy atom.